The molecule has 0 radical (unpaired) electrons. The lowest BCUT2D eigenvalue weighted by Crippen LogP contribution is -1.94. The number of hydrogen-bond donors (Lipinski definition) is 1. The summed E-state index contributed by atoms with van der Waals surface area (Å²) in [4.78, 5) is 0. The van der Waals surface area contributed by atoms with E-state index < -0.39 is 0 Å². The molecule has 0 amide bonds. The van der Waals surface area contributed by atoms with E-state index in [1.165, 1.54) is 0 Å². The van der Waals surface area contributed by atoms with Crippen LogP contribution in [0.3, 0.4) is 0 Å². The Morgan fingerprint density at radius 1 is 1.50 bits per heavy atom. The van der Waals surface area contributed by atoms with Gasteiger partial charge in [0, 0.05) is 12.1 Å². The van der Waals surface area contributed by atoms with Gasteiger partial charge in [-0.15, -0.1) is 0 Å². The zero-order chi connectivity index (χ0) is 10.6. The fraction of sp³-hybridized carbons (Fsp3) is 0.273. The van der Waals surface area contributed by atoms with Crippen LogP contribution >= 0.6 is 11.6 Å². The second kappa shape index (κ2) is 5.03. The van der Waals surface area contributed by atoms with Gasteiger partial charge in [0.1, 0.15) is 5.75 Å². The van der Waals surface area contributed by atoms with Crippen LogP contribution in [0, 0.1) is 6.92 Å². The van der Waals surface area contributed by atoms with Crippen LogP contribution in [0.5, 0.6) is 5.75 Å². The van der Waals surface area contributed by atoms with E-state index in [1.807, 2.05) is 31.2 Å². The van der Waals surface area contributed by atoms with Crippen molar-refractivity contribution in [2.45, 2.75) is 6.92 Å². The molecular formula is C11H14ClNO. The molecule has 0 heterocycles. The number of halogens is 1. The lowest BCUT2D eigenvalue weighted by molar-refractivity contribution is 0.411. The van der Waals surface area contributed by atoms with Crippen LogP contribution in [0.15, 0.2) is 18.2 Å². The van der Waals surface area contributed by atoms with Gasteiger partial charge in [0.2, 0.25) is 0 Å². The Balaban J connectivity index is 3.22. The Kier molecular flexibility index (Phi) is 3.98. The average molecular weight is 212 g/mol. The predicted molar refractivity (Wildman–Crippen MR) is 60.8 cm³/mol. The summed E-state index contributed by atoms with van der Waals surface area (Å²) in [7, 11) is 1.64. The Morgan fingerprint density at radius 3 is 2.79 bits per heavy atom. The molecule has 1 rings (SSSR count). The first-order valence-corrected chi connectivity index (χ1v) is 4.78. The van der Waals surface area contributed by atoms with Crippen LogP contribution in [0.1, 0.15) is 11.1 Å². The summed E-state index contributed by atoms with van der Waals surface area (Å²) < 4.78 is 5.28. The molecule has 0 aliphatic carbocycles. The second-order valence-corrected chi connectivity index (χ2v) is 3.36. The predicted octanol–water partition coefficient (Wildman–Crippen LogP) is 2.63. The van der Waals surface area contributed by atoms with Crippen molar-refractivity contribution in [2.24, 2.45) is 5.73 Å². The molecule has 0 bridgehead atoms. The SMILES string of the molecule is COc1c(C)ccc(Cl)c1/C=C/CN. The maximum Gasteiger partial charge on any atom is 0.130 e. The van der Waals surface area contributed by atoms with E-state index in [1.54, 1.807) is 7.11 Å². The quantitative estimate of drug-likeness (QED) is 0.834. The van der Waals surface area contributed by atoms with Crippen molar-refractivity contribution in [3.8, 4) is 5.75 Å². The minimum absolute atomic E-state index is 0.493. The molecule has 0 saturated heterocycles. The molecule has 3 heteroatoms. The molecule has 2 N–H and O–H groups in total. The topological polar surface area (TPSA) is 35.2 Å². The van der Waals surface area contributed by atoms with Gasteiger partial charge in [0.25, 0.3) is 0 Å². The van der Waals surface area contributed by atoms with E-state index in [2.05, 4.69) is 0 Å². The smallest absolute Gasteiger partial charge is 0.130 e. The third-order valence-corrected chi connectivity index (χ3v) is 2.29. The van der Waals surface area contributed by atoms with Gasteiger partial charge < -0.3 is 10.5 Å². The van der Waals surface area contributed by atoms with Crippen LogP contribution in [0.4, 0.5) is 0 Å². The van der Waals surface area contributed by atoms with E-state index in [9.17, 15) is 0 Å². The zero-order valence-corrected chi connectivity index (χ0v) is 9.14. The third-order valence-electron chi connectivity index (χ3n) is 1.96. The monoisotopic (exact) mass is 211 g/mol. The Morgan fingerprint density at radius 2 is 2.21 bits per heavy atom. The molecule has 76 valence electrons. The molecule has 0 atom stereocenters. The van der Waals surface area contributed by atoms with Crippen LogP contribution in [0.2, 0.25) is 5.02 Å². The Hall–Kier alpha value is -0.990. The van der Waals surface area contributed by atoms with Crippen molar-refractivity contribution >= 4 is 17.7 Å². The van der Waals surface area contributed by atoms with E-state index in [-0.39, 0.29) is 0 Å². The van der Waals surface area contributed by atoms with E-state index in [0.29, 0.717) is 11.6 Å². The summed E-state index contributed by atoms with van der Waals surface area (Å²) in [6.45, 7) is 2.47. The normalized spacial score (nSPS) is 10.9. The zero-order valence-electron chi connectivity index (χ0n) is 8.38. The number of ether oxygens (including phenoxy) is 1. The molecule has 0 saturated carbocycles. The van der Waals surface area contributed by atoms with Crippen LogP contribution in [0.25, 0.3) is 6.08 Å². The summed E-state index contributed by atoms with van der Waals surface area (Å²) in [6.07, 6.45) is 3.73. The van der Waals surface area contributed by atoms with Gasteiger partial charge in [0.15, 0.2) is 0 Å². The van der Waals surface area contributed by atoms with Gasteiger partial charge in [-0.05, 0) is 18.6 Å². The molecule has 1 aromatic rings. The lowest BCUT2D eigenvalue weighted by Gasteiger charge is -2.09. The number of rotatable bonds is 3. The van der Waals surface area contributed by atoms with Gasteiger partial charge >= 0.3 is 0 Å². The van der Waals surface area contributed by atoms with E-state index in [4.69, 9.17) is 22.1 Å². The first kappa shape index (κ1) is 11.1. The maximum absolute atomic E-state index is 6.04. The van der Waals surface area contributed by atoms with Crippen molar-refractivity contribution in [1.82, 2.24) is 0 Å². The Labute approximate surface area is 89.3 Å². The number of methoxy groups -OCH3 is 1. The van der Waals surface area contributed by atoms with Crippen molar-refractivity contribution < 1.29 is 4.74 Å². The molecule has 0 aliphatic rings. The maximum atomic E-state index is 6.04. The standard InChI is InChI=1S/C11H14ClNO/c1-8-5-6-10(12)9(4-3-7-13)11(8)14-2/h3-6H,7,13H2,1-2H3/b4-3+. The summed E-state index contributed by atoms with van der Waals surface area (Å²) >= 11 is 6.04. The highest BCUT2D eigenvalue weighted by Crippen LogP contribution is 2.30. The van der Waals surface area contributed by atoms with E-state index in [0.717, 1.165) is 16.9 Å². The fourth-order valence-corrected chi connectivity index (χ4v) is 1.51. The molecule has 14 heavy (non-hydrogen) atoms. The Bertz CT molecular complexity index is 347. The molecule has 1 aromatic carbocycles. The van der Waals surface area contributed by atoms with E-state index >= 15 is 0 Å². The number of nitrogens with two attached hydrogens (primary N) is 1. The highest BCUT2D eigenvalue weighted by molar-refractivity contribution is 6.32. The second-order valence-electron chi connectivity index (χ2n) is 2.95. The summed E-state index contributed by atoms with van der Waals surface area (Å²) in [6, 6.07) is 3.79. The van der Waals surface area contributed by atoms with Crippen LogP contribution < -0.4 is 10.5 Å². The van der Waals surface area contributed by atoms with Crippen molar-refractivity contribution in [2.75, 3.05) is 13.7 Å². The van der Waals surface area contributed by atoms with Crippen LogP contribution in [-0.2, 0) is 0 Å². The summed E-state index contributed by atoms with van der Waals surface area (Å²) in [5.41, 5.74) is 7.34. The molecule has 0 unspecified atom stereocenters. The number of aryl methyl sites for hydroxylation is 1. The first-order chi connectivity index (χ1) is 6.70. The van der Waals surface area contributed by atoms with Crippen molar-refractivity contribution in [1.29, 1.82) is 0 Å². The van der Waals surface area contributed by atoms with Gasteiger partial charge in [-0.3, -0.25) is 0 Å². The minimum Gasteiger partial charge on any atom is -0.496 e. The fourth-order valence-electron chi connectivity index (χ4n) is 1.30. The summed E-state index contributed by atoms with van der Waals surface area (Å²) in [5.74, 6) is 0.808. The van der Waals surface area contributed by atoms with Crippen LogP contribution in [-0.4, -0.2) is 13.7 Å². The van der Waals surface area contributed by atoms with Gasteiger partial charge in [-0.2, -0.15) is 0 Å². The minimum atomic E-state index is 0.493. The highest BCUT2D eigenvalue weighted by atomic mass is 35.5. The highest BCUT2D eigenvalue weighted by Gasteiger charge is 2.07. The third kappa shape index (κ3) is 2.28. The van der Waals surface area contributed by atoms with Crippen molar-refractivity contribution in [3.63, 3.8) is 0 Å². The summed E-state index contributed by atoms with van der Waals surface area (Å²) in [5, 5.41) is 0.678. The number of benzene rings is 1. The molecule has 2 nitrogen and oxygen atoms in total. The van der Waals surface area contributed by atoms with Gasteiger partial charge in [-0.25, -0.2) is 0 Å². The van der Waals surface area contributed by atoms with Gasteiger partial charge in [0.05, 0.1) is 12.1 Å². The average Bonchev–Trinajstić information content (AvgIpc) is 2.19. The number of hydrogen-bond acceptors (Lipinski definition) is 2. The molecule has 0 spiro atoms. The lowest BCUT2D eigenvalue weighted by atomic mass is 10.1. The largest absolute Gasteiger partial charge is 0.496 e. The molecule has 0 aromatic heterocycles. The molecule has 0 aliphatic heterocycles. The van der Waals surface area contributed by atoms with Crippen molar-refractivity contribution in [3.05, 3.63) is 34.4 Å². The molecular weight excluding hydrogens is 198 g/mol. The molecule has 0 fully saturated rings. The van der Waals surface area contributed by atoms with Gasteiger partial charge in [-0.1, -0.05) is 29.8 Å². The first-order valence-electron chi connectivity index (χ1n) is 4.40.